The summed E-state index contributed by atoms with van der Waals surface area (Å²) in [7, 11) is -7.48. The van der Waals surface area contributed by atoms with Crippen molar-refractivity contribution in [3.8, 4) is 5.75 Å². The average molecular weight is 1180 g/mol. The zero-order chi connectivity index (χ0) is 59.2. The molecule has 3 aliphatic rings. The molecular formula is C64H105O12PSi3. The van der Waals surface area contributed by atoms with E-state index in [9.17, 15) is 9.36 Å². The molecule has 3 aliphatic heterocycles. The SMILES string of the molecule is COc1ccc(CO[C@@H]2[C@H](CC(=O)CP(=O)(OC)OC)O[C@@]3(C[C@@H]2C)C[C@H](C)[C@@H]2O[C@H]([C@H](C[C@H](CO[Si](c4ccccc4)(c4ccccc4)C(C)(C)C)O[Si](C(C)C)(C(C)C)C(C)C)O[Si](C(C)C)(C(C)C)C(C)C)C[C@@H]2O3)cc1. The van der Waals surface area contributed by atoms with Crippen LogP contribution in [0.1, 0.15) is 155 Å². The Morgan fingerprint density at radius 2 is 1.19 bits per heavy atom. The topological polar surface area (TPSA) is 126 Å². The van der Waals surface area contributed by atoms with Gasteiger partial charge in [0, 0.05) is 46.3 Å². The van der Waals surface area contributed by atoms with Gasteiger partial charge in [0.2, 0.25) is 16.6 Å². The molecular weight excluding hydrogens is 1080 g/mol. The molecule has 1 spiro atoms. The highest BCUT2D eigenvalue weighted by Gasteiger charge is 2.59. The van der Waals surface area contributed by atoms with Crippen LogP contribution < -0.4 is 15.1 Å². The molecule has 3 aromatic rings. The first kappa shape index (κ1) is 66.8. The van der Waals surface area contributed by atoms with E-state index in [-0.39, 0.29) is 65.8 Å². The number of fused-ring (bicyclic) bond motifs is 1. The van der Waals surface area contributed by atoms with Gasteiger partial charge >= 0.3 is 7.60 Å². The summed E-state index contributed by atoms with van der Waals surface area (Å²) in [5.41, 5.74) is 2.99. The third-order valence-electron chi connectivity index (χ3n) is 18.6. The molecule has 450 valence electrons. The normalized spacial score (nSPS) is 25.1. The van der Waals surface area contributed by atoms with Crippen molar-refractivity contribution in [1.82, 2.24) is 0 Å². The summed E-state index contributed by atoms with van der Waals surface area (Å²) >= 11 is 0. The van der Waals surface area contributed by atoms with Crippen molar-refractivity contribution in [2.45, 2.75) is 243 Å². The second-order valence-corrected chi connectivity index (χ2v) is 44.1. The molecule has 0 bridgehead atoms. The van der Waals surface area contributed by atoms with Gasteiger partial charge < -0.3 is 46.0 Å². The number of carbonyl (C=O) groups is 1. The van der Waals surface area contributed by atoms with Crippen LogP contribution in [-0.2, 0) is 57.2 Å². The number of Topliss-reactive ketones (excluding diaryl/α,β-unsaturated/α-hetero) is 1. The molecule has 3 fully saturated rings. The molecule has 10 atom stereocenters. The van der Waals surface area contributed by atoms with Crippen molar-refractivity contribution < 1.29 is 55.4 Å². The van der Waals surface area contributed by atoms with Gasteiger partial charge in [0.05, 0.1) is 63.1 Å². The number of ether oxygens (including phenoxy) is 5. The molecule has 6 rings (SSSR count). The van der Waals surface area contributed by atoms with Crippen molar-refractivity contribution in [3.05, 3.63) is 90.5 Å². The first-order valence-electron chi connectivity index (χ1n) is 30.2. The summed E-state index contributed by atoms with van der Waals surface area (Å²) in [6.45, 7) is 40.6. The molecule has 3 heterocycles. The third kappa shape index (κ3) is 14.5. The Labute approximate surface area is 487 Å². The van der Waals surface area contributed by atoms with Crippen molar-refractivity contribution in [3.63, 3.8) is 0 Å². The summed E-state index contributed by atoms with van der Waals surface area (Å²) in [5, 5.41) is 2.25. The van der Waals surface area contributed by atoms with Crippen LogP contribution in [0.5, 0.6) is 5.75 Å². The molecule has 0 saturated carbocycles. The lowest BCUT2D eigenvalue weighted by Crippen LogP contribution is -2.67. The first-order valence-corrected chi connectivity index (χ1v) is 38.1. The summed E-state index contributed by atoms with van der Waals surface area (Å²) in [4.78, 5) is 13.9. The predicted molar refractivity (Wildman–Crippen MR) is 331 cm³/mol. The zero-order valence-corrected chi connectivity index (χ0v) is 56.6. The fourth-order valence-corrected chi connectivity index (χ4v) is 31.9. The van der Waals surface area contributed by atoms with Crippen LogP contribution in [-0.4, -0.2) is 113 Å². The Hall–Kier alpha value is -2.35. The lowest BCUT2D eigenvalue weighted by molar-refractivity contribution is -0.355. The van der Waals surface area contributed by atoms with Gasteiger partial charge in [-0.05, 0) is 78.2 Å². The van der Waals surface area contributed by atoms with Crippen LogP contribution in [0.4, 0.5) is 0 Å². The van der Waals surface area contributed by atoms with Crippen molar-refractivity contribution >= 4 is 48.7 Å². The van der Waals surface area contributed by atoms with E-state index in [1.807, 2.05) is 24.3 Å². The molecule has 0 N–H and O–H groups in total. The molecule has 0 aromatic heterocycles. The molecule has 0 radical (unpaired) electrons. The fourth-order valence-electron chi connectivity index (χ4n) is 15.1. The molecule has 3 aromatic carbocycles. The minimum absolute atomic E-state index is 0.0395. The molecule has 80 heavy (non-hydrogen) atoms. The van der Waals surface area contributed by atoms with Gasteiger partial charge in [-0.25, -0.2) is 0 Å². The number of benzene rings is 3. The van der Waals surface area contributed by atoms with Crippen molar-refractivity contribution in [1.29, 1.82) is 0 Å². The Morgan fingerprint density at radius 1 is 0.688 bits per heavy atom. The Bertz CT molecular complexity index is 2340. The van der Waals surface area contributed by atoms with E-state index in [1.54, 1.807) is 7.11 Å². The number of hydrogen-bond acceptors (Lipinski definition) is 12. The fraction of sp³-hybridized carbons (Fsp3) is 0.703. The first-order chi connectivity index (χ1) is 37.6. The van der Waals surface area contributed by atoms with Crippen molar-refractivity contribution in [2.24, 2.45) is 11.8 Å². The highest BCUT2D eigenvalue weighted by Crippen LogP contribution is 2.53. The van der Waals surface area contributed by atoms with Gasteiger partial charge in [0.25, 0.3) is 8.32 Å². The molecule has 3 saturated heterocycles. The van der Waals surface area contributed by atoms with Crippen LogP contribution >= 0.6 is 7.60 Å². The van der Waals surface area contributed by atoms with Crippen LogP contribution in [0.15, 0.2) is 84.9 Å². The second kappa shape index (κ2) is 27.8. The van der Waals surface area contributed by atoms with E-state index in [1.165, 1.54) is 24.6 Å². The average Bonchev–Trinajstić information content (AvgIpc) is 3.87. The number of carbonyl (C=O) groups excluding carboxylic acids is 1. The van der Waals surface area contributed by atoms with Gasteiger partial charge in [-0.3, -0.25) is 9.36 Å². The lowest BCUT2D eigenvalue weighted by atomic mass is 9.79. The van der Waals surface area contributed by atoms with Crippen LogP contribution in [0.25, 0.3) is 0 Å². The third-order valence-corrected chi connectivity index (χ3v) is 37.7. The maximum atomic E-state index is 13.9. The minimum Gasteiger partial charge on any atom is -0.497 e. The summed E-state index contributed by atoms with van der Waals surface area (Å²) < 4.78 is 82.1. The molecule has 0 unspecified atom stereocenters. The summed E-state index contributed by atoms with van der Waals surface area (Å²) in [6.07, 6.45) is -0.727. The Morgan fingerprint density at radius 3 is 1.66 bits per heavy atom. The van der Waals surface area contributed by atoms with Crippen LogP contribution in [0.3, 0.4) is 0 Å². The zero-order valence-electron chi connectivity index (χ0n) is 52.7. The maximum Gasteiger partial charge on any atom is 0.337 e. The number of ketones is 1. The lowest BCUT2D eigenvalue weighted by Gasteiger charge is -2.52. The quantitative estimate of drug-likeness (QED) is 0.0507. The number of rotatable bonds is 28. The van der Waals surface area contributed by atoms with Gasteiger partial charge in [-0.2, -0.15) is 0 Å². The number of hydrogen-bond donors (Lipinski definition) is 0. The summed E-state index contributed by atoms with van der Waals surface area (Å²) in [5.74, 6) is -0.584. The molecule has 16 heteroatoms. The highest BCUT2D eigenvalue weighted by atomic mass is 31.2. The van der Waals surface area contributed by atoms with Gasteiger partial charge in [0.15, 0.2) is 5.79 Å². The smallest absolute Gasteiger partial charge is 0.337 e. The van der Waals surface area contributed by atoms with Gasteiger partial charge in [-0.1, -0.05) is 190 Å². The monoisotopic (exact) mass is 1180 g/mol. The van der Waals surface area contributed by atoms with E-state index >= 15 is 0 Å². The van der Waals surface area contributed by atoms with E-state index < -0.39 is 50.5 Å². The van der Waals surface area contributed by atoms with Crippen LogP contribution in [0, 0.1) is 11.8 Å². The van der Waals surface area contributed by atoms with Gasteiger partial charge in [0.1, 0.15) is 17.7 Å². The Balaban J connectivity index is 1.41. The summed E-state index contributed by atoms with van der Waals surface area (Å²) in [6, 6.07) is 29.7. The van der Waals surface area contributed by atoms with Crippen LogP contribution in [0.2, 0.25) is 38.3 Å². The minimum atomic E-state index is -3.64. The van der Waals surface area contributed by atoms with E-state index in [0.717, 1.165) is 11.3 Å². The molecule has 0 aliphatic carbocycles. The largest absolute Gasteiger partial charge is 0.497 e. The predicted octanol–water partition coefficient (Wildman–Crippen LogP) is 14.8. The molecule has 0 amide bonds. The number of methoxy groups -OCH3 is 1. The van der Waals surface area contributed by atoms with E-state index in [2.05, 4.69) is 178 Å². The standard InChI is InChI=1S/C64H105O12PSi3/c1-43(2)78(44(3)4,45(5)6)75-54(41-71-80(63(15,16)17,55-27-23-21-24-28-55)56-29-25-22-26-30-56)36-58(76-79(46(7)8,47(9)10)48(11)12)57-37-60-62(72-57)50(14)39-64(74-60)38-49(13)61(70-40-51-31-33-53(67-18)34-32-51)59(73-64)35-52(65)42-77(66,68-19)69-20/h21-34,43-50,54,57-62H,35-42H2,1-20H3/t49-,50-,54+,57-,58-,59-,60-,61-,62-,64+/m0/s1. The second-order valence-electron chi connectivity index (χ2n) is 26.7. The maximum absolute atomic E-state index is 13.9. The highest BCUT2D eigenvalue weighted by molar-refractivity contribution is 7.54. The van der Waals surface area contributed by atoms with E-state index in [4.69, 9.17) is 46.0 Å². The molecule has 12 nitrogen and oxygen atoms in total. The van der Waals surface area contributed by atoms with Crippen molar-refractivity contribution in [2.75, 3.05) is 34.1 Å². The van der Waals surface area contributed by atoms with Gasteiger partial charge in [-0.15, -0.1) is 0 Å². The Kier molecular flexibility index (Phi) is 23.2. The van der Waals surface area contributed by atoms with E-state index in [0.29, 0.717) is 72.1 Å².